The quantitative estimate of drug-likeness (QED) is 0.833. The maximum atomic E-state index is 4.23. The van der Waals surface area contributed by atoms with E-state index in [0.717, 1.165) is 12.5 Å². The van der Waals surface area contributed by atoms with E-state index in [2.05, 4.69) is 27.4 Å². The molecule has 0 unspecified atom stereocenters. The first-order chi connectivity index (χ1) is 9.34. The smallest absolute Gasteiger partial charge is 0.109 e. The number of hydrogen-bond donors (Lipinski definition) is 1. The molecule has 1 aromatic rings. The highest BCUT2D eigenvalue weighted by Crippen LogP contribution is 2.39. The molecule has 0 amide bonds. The van der Waals surface area contributed by atoms with Gasteiger partial charge in [-0.25, -0.2) is 0 Å². The first kappa shape index (κ1) is 11.6. The maximum absolute atomic E-state index is 4.23. The molecule has 1 saturated heterocycles. The highest BCUT2D eigenvalue weighted by atomic mass is 15.3. The Labute approximate surface area is 115 Å². The van der Waals surface area contributed by atoms with Crippen molar-refractivity contribution in [2.45, 2.75) is 44.7 Å². The fourth-order valence-electron chi connectivity index (χ4n) is 4.04. The third-order valence-corrected chi connectivity index (χ3v) is 5.06. The van der Waals surface area contributed by atoms with Crippen LogP contribution in [0.3, 0.4) is 0 Å². The van der Waals surface area contributed by atoms with Crippen LogP contribution in [0.2, 0.25) is 0 Å². The van der Waals surface area contributed by atoms with Crippen molar-refractivity contribution < 1.29 is 0 Å². The van der Waals surface area contributed by atoms with Crippen LogP contribution < -0.4 is 10.2 Å². The second kappa shape index (κ2) is 4.41. The van der Waals surface area contributed by atoms with Crippen LogP contribution in [0.4, 0.5) is 5.82 Å². The topological polar surface area (TPSA) is 20.2 Å². The summed E-state index contributed by atoms with van der Waals surface area (Å²) in [7, 11) is 0. The monoisotopic (exact) mass is 257 g/mol. The van der Waals surface area contributed by atoms with Crippen molar-refractivity contribution in [1.82, 2.24) is 9.88 Å². The molecule has 3 aliphatic rings. The van der Waals surface area contributed by atoms with Crippen molar-refractivity contribution in [2.75, 3.05) is 24.5 Å². The van der Waals surface area contributed by atoms with E-state index in [1.54, 1.807) is 5.69 Å². The number of rotatable bonds is 1. The van der Waals surface area contributed by atoms with E-state index in [1.165, 1.54) is 68.8 Å². The SMILES string of the molecule is C=C1CCc2c1cc1n2CCCN1C1CCNCC1. The van der Waals surface area contributed by atoms with Crippen molar-refractivity contribution >= 4 is 11.4 Å². The fourth-order valence-corrected chi connectivity index (χ4v) is 4.04. The molecule has 0 radical (unpaired) electrons. The Balaban J connectivity index is 1.71. The van der Waals surface area contributed by atoms with Gasteiger partial charge in [-0.1, -0.05) is 6.58 Å². The molecular weight excluding hydrogens is 234 g/mol. The Kier molecular flexibility index (Phi) is 2.69. The maximum Gasteiger partial charge on any atom is 0.109 e. The van der Waals surface area contributed by atoms with E-state index in [9.17, 15) is 0 Å². The van der Waals surface area contributed by atoms with Gasteiger partial charge < -0.3 is 14.8 Å². The minimum Gasteiger partial charge on any atom is -0.355 e. The van der Waals surface area contributed by atoms with Crippen molar-refractivity contribution in [3.8, 4) is 0 Å². The van der Waals surface area contributed by atoms with Crippen molar-refractivity contribution in [3.63, 3.8) is 0 Å². The lowest BCUT2D eigenvalue weighted by atomic mass is 10.0. The number of allylic oxidation sites excluding steroid dienone is 1. The summed E-state index contributed by atoms with van der Waals surface area (Å²) in [6.07, 6.45) is 6.24. The number of fused-ring (bicyclic) bond motifs is 3. The van der Waals surface area contributed by atoms with Crippen LogP contribution in [0.25, 0.3) is 5.57 Å². The Hall–Kier alpha value is -1.22. The van der Waals surface area contributed by atoms with Gasteiger partial charge in [0.15, 0.2) is 0 Å². The molecule has 2 aliphatic heterocycles. The number of nitrogens with zero attached hydrogens (tertiary/aromatic N) is 2. The zero-order valence-corrected chi connectivity index (χ0v) is 11.6. The Morgan fingerprint density at radius 2 is 2.00 bits per heavy atom. The summed E-state index contributed by atoms with van der Waals surface area (Å²) < 4.78 is 2.58. The van der Waals surface area contributed by atoms with Gasteiger partial charge in [-0.05, 0) is 56.8 Å². The van der Waals surface area contributed by atoms with Gasteiger partial charge in [0.25, 0.3) is 0 Å². The summed E-state index contributed by atoms with van der Waals surface area (Å²) in [6.45, 7) is 9.03. The summed E-state index contributed by atoms with van der Waals surface area (Å²) in [5.74, 6) is 1.48. The van der Waals surface area contributed by atoms with E-state index in [-0.39, 0.29) is 0 Å². The van der Waals surface area contributed by atoms with Gasteiger partial charge in [0, 0.05) is 30.4 Å². The van der Waals surface area contributed by atoms with Crippen LogP contribution in [-0.4, -0.2) is 30.2 Å². The van der Waals surface area contributed by atoms with Gasteiger partial charge >= 0.3 is 0 Å². The molecule has 0 saturated carbocycles. The Morgan fingerprint density at radius 3 is 2.84 bits per heavy atom. The van der Waals surface area contributed by atoms with E-state index >= 15 is 0 Å². The summed E-state index contributed by atoms with van der Waals surface area (Å²) in [5, 5.41) is 3.48. The van der Waals surface area contributed by atoms with Crippen LogP contribution >= 0.6 is 0 Å². The molecule has 0 bridgehead atoms. The second-order valence-corrected chi connectivity index (χ2v) is 6.15. The predicted octanol–water partition coefficient (Wildman–Crippen LogP) is 2.41. The van der Waals surface area contributed by atoms with Gasteiger partial charge in [-0.15, -0.1) is 0 Å². The van der Waals surface area contributed by atoms with Crippen molar-refractivity contribution in [2.24, 2.45) is 0 Å². The average Bonchev–Trinajstić information content (AvgIpc) is 3.00. The Morgan fingerprint density at radius 1 is 1.16 bits per heavy atom. The normalized spacial score (nSPS) is 23.6. The molecule has 3 nitrogen and oxygen atoms in total. The Bertz CT molecular complexity index is 508. The molecule has 0 atom stereocenters. The van der Waals surface area contributed by atoms with Crippen LogP contribution in [0.5, 0.6) is 0 Å². The summed E-state index contributed by atoms with van der Waals surface area (Å²) in [4.78, 5) is 2.68. The van der Waals surface area contributed by atoms with Crippen molar-refractivity contribution in [3.05, 3.63) is 23.9 Å². The standard InChI is InChI=1S/C16H23N3/c1-12-3-4-15-14(12)11-16-18(9-2-10-19(15)16)13-5-7-17-8-6-13/h11,13,17H,1-10H2. The predicted molar refractivity (Wildman–Crippen MR) is 79.6 cm³/mol. The van der Waals surface area contributed by atoms with Gasteiger partial charge in [-0.3, -0.25) is 0 Å². The average molecular weight is 257 g/mol. The number of piperidine rings is 1. The largest absolute Gasteiger partial charge is 0.355 e. The lowest BCUT2D eigenvalue weighted by molar-refractivity contribution is 0.403. The molecule has 1 aliphatic carbocycles. The minimum absolute atomic E-state index is 0.739. The molecule has 1 N–H and O–H groups in total. The zero-order valence-electron chi connectivity index (χ0n) is 11.6. The zero-order chi connectivity index (χ0) is 12.8. The highest BCUT2D eigenvalue weighted by molar-refractivity contribution is 5.74. The van der Waals surface area contributed by atoms with Crippen LogP contribution in [-0.2, 0) is 13.0 Å². The molecular formula is C16H23N3. The van der Waals surface area contributed by atoms with Gasteiger partial charge in [-0.2, -0.15) is 0 Å². The molecule has 19 heavy (non-hydrogen) atoms. The van der Waals surface area contributed by atoms with E-state index < -0.39 is 0 Å². The number of aromatic nitrogens is 1. The van der Waals surface area contributed by atoms with E-state index in [1.807, 2.05) is 0 Å². The first-order valence-corrected chi connectivity index (χ1v) is 7.72. The molecule has 4 rings (SSSR count). The third kappa shape index (κ3) is 1.75. The van der Waals surface area contributed by atoms with Gasteiger partial charge in [0.05, 0.1) is 0 Å². The summed E-state index contributed by atoms with van der Waals surface area (Å²) in [6, 6.07) is 3.16. The van der Waals surface area contributed by atoms with Gasteiger partial charge in [0.2, 0.25) is 0 Å². The third-order valence-electron chi connectivity index (χ3n) is 5.06. The molecule has 3 heteroatoms. The molecule has 0 aromatic carbocycles. The number of nitrogens with one attached hydrogen (secondary N) is 1. The van der Waals surface area contributed by atoms with Gasteiger partial charge in [0.1, 0.15) is 5.82 Å². The lowest BCUT2D eigenvalue weighted by Gasteiger charge is -2.39. The molecule has 1 fully saturated rings. The van der Waals surface area contributed by atoms with E-state index in [4.69, 9.17) is 0 Å². The second-order valence-electron chi connectivity index (χ2n) is 6.15. The number of hydrogen-bond acceptors (Lipinski definition) is 2. The molecule has 102 valence electrons. The first-order valence-electron chi connectivity index (χ1n) is 7.72. The lowest BCUT2D eigenvalue weighted by Crippen LogP contribution is -2.46. The van der Waals surface area contributed by atoms with Crippen molar-refractivity contribution in [1.29, 1.82) is 0 Å². The molecule has 0 spiro atoms. The van der Waals surface area contributed by atoms with Crippen LogP contribution in [0.1, 0.15) is 36.9 Å². The highest BCUT2D eigenvalue weighted by Gasteiger charge is 2.30. The molecule has 3 heterocycles. The summed E-state index contributed by atoms with van der Waals surface area (Å²) >= 11 is 0. The molecule has 1 aromatic heterocycles. The van der Waals surface area contributed by atoms with E-state index in [0.29, 0.717) is 0 Å². The summed E-state index contributed by atoms with van der Waals surface area (Å²) in [5.41, 5.74) is 4.36. The fraction of sp³-hybridized carbons (Fsp3) is 0.625. The van der Waals surface area contributed by atoms with Crippen LogP contribution in [0, 0.1) is 0 Å². The van der Waals surface area contributed by atoms with Crippen LogP contribution in [0.15, 0.2) is 12.6 Å². The minimum atomic E-state index is 0.739. The number of anilines is 1.